The molecule has 0 bridgehead atoms. The normalized spacial score (nSPS) is 25.1. The molecule has 1 atom stereocenters. The Balaban J connectivity index is 2.86. The number of hydrogen-bond donors (Lipinski definition) is 5. The lowest BCUT2D eigenvalue weighted by molar-refractivity contribution is 0.106. The van der Waals surface area contributed by atoms with E-state index in [9.17, 15) is 14.2 Å². The van der Waals surface area contributed by atoms with Crippen LogP contribution in [0.15, 0.2) is 0 Å². The monoisotopic (exact) mass is 331 g/mol. The van der Waals surface area contributed by atoms with Crippen molar-refractivity contribution in [1.29, 1.82) is 0 Å². The van der Waals surface area contributed by atoms with Crippen molar-refractivity contribution in [3.8, 4) is 0 Å². The minimum atomic E-state index is -5.35. The number of likely N-dealkylation sites (tertiary alicyclic amines) is 1. The van der Waals surface area contributed by atoms with E-state index in [0.717, 1.165) is 6.42 Å². The highest BCUT2D eigenvalue weighted by atomic mass is 31.2. The molecule has 0 saturated carbocycles. The van der Waals surface area contributed by atoms with Crippen molar-refractivity contribution < 1.29 is 33.8 Å². The first kappa shape index (κ1) is 18.3. The molecule has 1 aliphatic rings. The van der Waals surface area contributed by atoms with E-state index in [0.29, 0.717) is 6.54 Å². The molecule has 20 heavy (non-hydrogen) atoms. The molecule has 120 valence electrons. The molecule has 1 rings (SSSR count). The second kappa shape index (κ2) is 5.45. The van der Waals surface area contributed by atoms with Gasteiger partial charge in [-0.2, -0.15) is 0 Å². The van der Waals surface area contributed by atoms with E-state index in [1.54, 1.807) is 0 Å². The Morgan fingerprint density at radius 2 is 1.65 bits per heavy atom. The van der Waals surface area contributed by atoms with Crippen LogP contribution in [0.2, 0.25) is 0 Å². The van der Waals surface area contributed by atoms with Gasteiger partial charge in [-0.3, -0.25) is 14.0 Å². The number of hydrogen-bond acceptors (Lipinski definition) is 4. The summed E-state index contributed by atoms with van der Waals surface area (Å²) in [6, 6.07) is 0.128. The van der Waals surface area contributed by atoms with Crippen LogP contribution in [0.3, 0.4) is 0 Å². The first-order valence-corrected chi connectivity index (χ1v) is 9.50. The summed E-state index contributed by atoms with van der Waals surface area (Å²) in [5.74, 6) is 0. The molecule has 0 amide bonds. The van der Waals surface area contributed by atoms with Crippen molar-refractivity contribution in [3.05, 3.63) is 0 Å². The van der Waals surface area contributed by atoms with E-state index < -0.39 is 26.7 Å². The Morgan fingerprint density at radius 1 is 1.20 bits per heavy atom. The second-order valence-corrected chi connectivity index (χ2v) is 10.3. The van der Waals surface area contributed by atoms with Crippen LogP contribution in [-0.2, 0) is 9.13 Å². The number of aliphatic hydroxyl groups is 1. The molecule has 1 unspecified atom stereocenters. The summed E-state index contributed by atoms with van der Waals surface area (Å²) in [4.78, 5) is 38.1. The first-order valence-electron chi connectivity index (χ1n) is 6.27. The Morgan fingerprint density at radius 3 is 1.95 bits per heavy atom. The van der Waals surface area contributed by atoms with Crippen molar-refractivity contribution in [1.82, 2.24) is 4.90 Å². The van der Waals surface area contributed by atoms with Gasteiger partial charge in [-0.25, -0.2) is 0 Å². The SMILES string of the molecule is CC1CC(C)(C)CN1CCC(O)(P(=O)(O)O)P(=O)(O)O. The molecular weight excluding hydrogens is 308 g/mol. The minimum absolute atomic E-state index is 0.0112. The van der Waals surface area contributed by atoms with Crippen LogP contribution in [0.5, 0.6) is 0 Å². The summed E-state index contributed by atoms with van der Waals surface area (Å²) in [5, 5.41) is 6.50. The highest BCUT2D eigenvalue weighted by Crippen LogP contribution is 2.69. The molecule has 1 aliphatic heterocycles. The summed E-state index contributed by atoms with van der Waals surface area (Å²) in [7, 11) is -10.7. The smallest absolute Gasteiger partial charge is 0.367 e. The van der Waals surface area contributed by atoms with Gasteiger partial charge in [-0.05, 0) is 18.8 Å². The number of rotatable bonds is 5. The van der Waals surface area contributed by atoms with Crippen molar-refractivity contribution >= 4 is 15.2 Å². The lowest BCUT2D eigenvalue weighted by Crippen LogP contribution is -2.37. The topological polar surface area (TPSA) is 139 Å². The molecule has 1 fully saturated rings. The van der Waals surface area contributed by atoms with E-state index in [-0.39, 0.29) is 18.0 Å². The van der Waals surface area contributed by atoms with Crippen LogP contribution in [0.4, 0.5) is 0 Å². The van der Waals surface area contributed by atoms with Crippen molar-refractivity contribution in [2.45, 2.75) is 44.7 Å². The largest absolute Gasteiger partial charge is 0.369 e. The zero-order valence-corrected chi connectivity index (χ0v) is 13.6. The van der Waals surface area contributed by atoms with E-state index in [1.165, 1.54) is 0 Å². The van der Waals surface area contributed by atoms with Crippen LogP contribution in [0.25, 0.3) is 0 Å². The quantitative estimate of drug-likeness (QED) is 0.459. The van der Waals surface area contributed by atoms with Crippen molar-refractivity contribution in [3.63, 3.8) is 0 Å². The molecule has 0 aromatic carbocycles. The molecule has 0 aliphatic carbocycles. The van der Waals surface area contributed by atoms with Gasteiger partial charge in [-0.15, -0.1) is 0 Å². The van der Waals surface area contributed by atoms with Gasteiger partial charge >= 0.3 is 15.2 Å². The standard InChI is InChI=1S/C10H23NO7P2/c1-8-6-9(2,3)7-11(8)5-4-10(12,19(13,14)15)20(16,17)18/h8,12H,4-7H2,1-3H3,(H2,13,14,15)(H2,16,17,18). The molecule has 0 spiro atoms. The zero-order chi connectivity index (χ0) is 16.0. The molecule has 0 radical (unpaired) electrons. The third-order valence-corrected chi connectivity index (χ3v) is 7.65. The third-order valence-electron chi connectivity index (χ3n) is 3.77. The van der Waals surface area contributed by atoms with E-state index in [4.69, 9.17) is 19.6 Å². The molecule has 1 saturated heterocycles. The van der Waals surface area contributed by atoms with Gasteiger partial charge < -0.3 is 24.7 Å². The fourth-order valence-electron chi connectivity index (χ4n) is 2.75. The summed E-state index contributed by atoms with van der Waals surface area (Å²) >= 11 is 0. The highest BCUT2D eigenvalue weighted by molar-refractivity contribution is 7.72. The fourth-order valence-corrected chi connectivity index (χ4v) is 4.89. The Bertz CT molecular complexity index is 433. The molecule has 0 aromatic heterocycles. The molecule has 8 nitrogen and oxygen atoms in total. The maximum atomic E-state index is 11.2. The third kappa shape index (κ3) is 3.70. The first-order chi connectivity index (χ1) is 8.70. The van der Waals surface area contributed by atoms with Gasteiger partial charge in [0.25, 0.3) is 5.08 Å². The van der Waals surface area contributed by atoms with Gasteiger partial charge in [0, 0.05) is 25.6 Å². The molecular formula is C10H23NO7P2. The van der Waals surface area contributed by atoms with Crippen LogP contribution >= 0.6 is 15.2 Å². The average molecular weight is 331 g/mol. The summed E-state index contributed by atoms with van der Waals surface area (Å²) in [6.07, 6.45) is 0.194. The van der Waals surface area contributed by atoms with Crippen LogP contribution in [0.1, 0.15) is 33.6 Å². The van der Waals surface area contributed by atoms with Crippen molar-refractivity contribution in [2.75, 3.05) is 13.1 Å². The minimum Gasteiger partial charge on any atom is -0.367 e. The van der Waals surface area contributed by atoms with E-state index in [1.807, 2.05) is 25.7 Å². The fraction of sp³-hybridized carbons (Fsp3) is 1.00. The summed E-state index contributed by atoms with van der Waals surface area (Å²) in [6.45, 7) is 6.68. The van der Waals surface area contributed by atoms with Gasteiger partial charge in [0.05, 0.1) is 0 Å². The van der Waals surface area contributed by atoms with Gasteiger partial charge in [-0.1, -0.05) is 13.8 Å². The maximum Gasteiger partial charge on any atom is 0.369 e. The van der Waals surface area contributed by atoms with Crippen LogP contribution in [-0.4, -0.2) is 53.8 Å². The lowest BCUT2D eigenvalue weighted by atomic mass is 9.91. The highest BCUT2D eigenvalue weighted by Gasteiger charge is 2.59. The van der Waals surface area contributed by atoms with Crippen LogP contribution < -0.4 is 0 Å². The average Bonchev–Trinajstić information content (AvgIpc) is 2.44. The summed E-state index contributed by atoms with van der Waals surface area (Å²) < 4.78 is 22.5. The van der Waals surface area contributed by atoms with Gasteiger partial charge in [0.2, 0.25) is 0 Å². The molecule has 5 N–H and O–H groups in total. The number of nitrogens with zero attached hydrogens (tertiary/aromatic N) is 1. The zero-order valence-electron chi connectivity index (χ0n) is 11.8. The lowest BCUT2D eigenvalue weighted by Gasteiger charge is -2.32. The molecule has 1 heterocycles. The molecule has 0 aromatic rings. The Hall–Kier alpha value is 0.220. The Labute approximate surface area is 118 Å². The summed E-state index contributed by atoms with van der Waals surface area (Å²) in [5.41, 5.74) is 0.0295. The van der Waals surface area contributed by atoms with Crippen LogP contribution in [0, 0.1) is 5.41 Å². The predicted octanol–water partition coefficient (Wildman–Crippen LogP) is 0.498. The van der Waals surface area contributed by atoms with Crippen molar-refractivity contribution in [2.24, 2.45) is 5.41 Å². The molecule has 10 heteroatoms. The van der Waals surface area contributed by atoms with Gasteiger partial charge in [0.1, 0.15) is 0 Å². The maximum absolute atomic E-state index is 11.2. The van der Waals surface area contributed by atoms with Gasteiger partial charge in [0.15, 0.2) is 0 Å². The van der Waals surface area contributed by atoms with E-state index in [2.05, 4.69) is 0 Å². The second-order valence-electron chi connectivity index (χ2n) is 6.30. The Kier molecular flexibility index (Phi) is 4.98. The predicted molar refractivity (Wildman–Crippen MR) is 73.1 cm³/mol. The van der Waals surface area contributed by atoms with E-state index >= 15 is 0 Å².